The minimum atomic E-state index is -0.824. The van der Waals surface area contributed by atoms with Crippen LogP contribution in [0.2, 0.25) is 0 Å². The fourth-order valence-electron chi connectivity index (χ4n) is 3.67. The third-order valence-electron chi connectivity index (χ3n) is 5.48. The SMILES string of the molecule is C=CC(=O)OCCCCCCOC(=O)Oc1ccc(C(=O)O[C@H]2COC3C2OC[C@H]3OC)cc1. The zero-order chi connectivity index (χ0) is 24.3. The van der Waals surface area contributed by atoms with Crippen LogP contribution in [-0.4, -0.2) is 76.0 Å². The van der Waals surface area contributed by atoms with Gasteiger partial charge in [0.25, 0.3) is 0 Å². The Kier molecular flexibility index (Phi) is 9.87. The van der Waals surface area contributed by atoms with Gasteiger partial charge < -0.3 is 33.2 Å². The molecule has 0 radical (unpaired) electrons. The van der Waals surface area contributed by atoms with Crippen molar-refractivity contribution >= 4 is 18.1 Å². The number of methoxy groups -OCH3 is 1. The van der Waals surface area contributed by atoms with E-state index in [-0.39, 0.29) is 37.3 Å². The predicted octanol–water partition coefficient (Wildman–Crippen LogP) is 2.83. The van der Waals surface area contributed by atoms with Gasteiger partial charge in [0.15, 0.2) is 6.10 Å². The van der Waals surface area contributed by atoms with Crippen LogP contribution in [0.25, 0.3) is 0 Å². The molecule has 186 valence electrons. The molecule has 2 aliphatic rings. The van der Waals surface area contributed by atoms with Gasteiger partial charge >= 0.3 is 18.1 Å². The van der Waals surface area contributed by atoms with Gasteiger partial charge in [-0.3, -0.25) is 0 Å². The van der Waals surface area contributed by atoms with Crippen molar-refractivity contribution in [3.05, 3.63) is 42.5 Å². The highest BCUT2D eigenvalue weighted by Gasteiger charge is 2.49. The lowest BCUT2D eigenvalue weighted by Crippen LogP contribution is -2.34. The van der Waals surface area contributed by atoms with Gasteiger partial charge in [-0.2, -0.15) is 0 Å². The summed E-state index contributed by atoms with van der Waals surface area (Å²) in [6.07, 6.45) is 2.09. The zero-order valence-corrected chi connectivity index (χ0v) is 19.1. The summed E-state index contributed by atoms with van der Waals surface area (Å²) < 4.78 is 37.2. The fraction of sp³-hybridized carbons (Fsp3) is 0.542. The molecule has 2 fully saturated rings. The second kappa shape index (κ2) is 13.1. The van der Waals surface area contributed by atoms with Crippen LogP contribution < -0.4 is 4.74 Å². The molecule has 10 heteroatoms. The van der Waals surface area contributed by atoms with Crippen LogP contribution in [-0.2, 0) is 33.2 Å². The molecule has 2 aliphatic heterocycles. The van der Waals surface area contributed by atoms with Crippen LogP contribution in [0.1, 0.15) is 36.0 Å². The topological polar surface area (TPSA) is 116 Å². The van der Waals surface area contributed by atoms with Crippen molar-refractivity contribution in [3.8, 4) is 5.75 Å². The zero-order valence-electron chi connectivity index (χ0n) is 19.1. The molecule has 34 heavy (non-hydrogen) atoms. The molecular weight excluding hydrogens is 448 g/mol. The number of rotatable bonds is 12. The Bertz CT molecular complexity index is 837. The standard InChI is InChI=1S/C24H30O10/c1-3-20(25)29-12-6-4-5-7-13-30-24(27)33-17-10-8-16(9-11-17)23(26)34-19-15-32-21-18(28-2)14-31-22(19)21/h3,8-11,18-19,21-22H,1,4-7,12-15H2,2H3/t18-,19+,21?,22?/m1/s1. The summed E-state index contributed by atoms with van der Waals surface area (Å²) in [7, 11) is 1.59. The molecule has 0 saturated carbocycles. The normalized spacial score (nSPS) is 23.1. The highest BCUT2D eigenvalue weighted by atomic mass is 16.7. The molecule has 1 aromatic carbocycles. The Balaban J connectivity index is 1.31. The second-order valence-electron chi connectivity index (χ2n) is 7.82. The number of carbonyl (C=O) groups is 3. The Morgan fingerprint density at radius 3 is 2.21 bits per heavy atom. The lowest BCUT2D eigenvalue weighted by atomic mass is 10.1. The molecule has 4 atom stereocenters. The number of fused-ring (bicyclic) bond motifs is 1. The molecule has 3 rings (SSSR count). The molecule has 0 aromatic heterocycles. The Morgan fingerprint density at radius 2 is 1.56 bits per heavy atom. The van der Waals surface area contributed by atoms with Crippen molar-refractivity contribution in [1.29, 1.82) is 0 Å². The number of esters is 2. The van der Waals surface area contributed by atoms with Crippen molar-refractivity contribution in [2.45, 2.75) is 50.1 Å². The van der Waals surface area contributed by atoms with E-state index in [4.69, 9.17) is 33.2 Å². The summed E-state index contributed by atoms with van der Waals surface area (Å²) in [5, 5.41) is 0. The first-order valence-corrected chi connectivity index (χ1v) is 11.2. The number of unbranched alkanes of at least 4 members (excludes halogenated alkanes) is 3. The van der Waals surface area contributed by atoms with Crippen LogP contribution in [0.4, 0.5) is 4.79 Å². The molecule has 0 bridgehead atoms. The fourth-order valence-corrected chi connectivity index (χ4v) is 3.67. The molecule has 1 aromatic rings. The molecule has 2 unspecified atom stereocenters. The average Bonchev–Trinajstić information content (AvgIpc) is 3.43. The van der Waals surface area contributed by atoms with E-state index in [1.807, 2.05) is 0 Å². The van der Waals surface area contributed by atoms with Gasteiger partial charge in [0.2, 0.25) is 0 Å². The minimum Gasteiger partial charge on any atom is -0.463 e. The van der Waals surface area contributed by atoms with E-state index in [9.17, 15) is 14.4 Å². The quantitative estimate of drug-likeness (QED) is 0.146. The van der Waals surface area contributed by atoms with Crippen molar-refractivity contribution < 1.29 is 47.5 Å². The summed E-state index contributed by atoms with van der Waals surface area (Å²) in [6, 6.07) is 5.99. The van der Waals surface area contributed by atoms with E-state index in [0.717, 1.165) is 25.3 Å². The van der Waals surface area contributed by atoms with Gasteiger partial charge in [0.1, 0.15) is 24.1 Å². The maximum absolute atomic E-state index is 12.5. The maximum Gasteiger partial charge on any atom is 0.513 e. The van der Waals surface area contributed by atoms with Gasteiger partial charge in [-0.1, -0.05) is 6.58 Å². The third kappa shape index (κ3) is 7.28. The van der Waals surface area contributed by atoms with Gasteiger partial charge in [-0.25, -0.2) is 14.4 Å². The summed E-state index contributed by atoms with van der Waals surface area (Å²) in [4.78, 5) is 35.2. The Morgan fingerprint density at radius 1 is 0.941 bits per heavy atom. The van der Waals surface area contributed by atoms with Gasteiger partial charge in [-0.05, 0) is 49.9 Å². The Hall–Kier alpha value is -2.95. The number of ether oxygens (including phenoxy) is 7. The van der Waals surface area contributed by atoms with Crippen molar-refractivity contribution in [1.82, 2.24) is 0 Å². The molecule has 2 saturated heterocycles. The van der Waals surface area contributed by atoms with E-state index in [0.29, 0.717) is 25.2 Å². The molecule has 0 N–H and O–H groups in total. The molecular formula is C24H30O10. The monoisotopic (exact) mass is 478 g/mol. The number of hydrogen-bond acceptors (Lipinski definition) is 10. The predicted molar refractivity (Wildman–Crippen MR) is 118 cm³/mol. The van der Waals surface area contributed by atoms with Crippen molar-refractivity contribution in [3.63, 3.8) is 0 Å². The van der Waals surface area contributed by atoms with E-state index in [1.54, 1.807) is 7.11 Å². The van der Waals surface area contributed by atoms with Crippen LogP contribution in [0.5, 0.6) is 5.75 Å². The molecule has 10 nitrogen and oxygen atoms in total. The van der Waals surface area contributed by atoms with Crippen LogP contribution in [0, 0.1) is 0 Å². The van der Waals surface area contributed by atoms with Crippen molar-refractivity contribution in [2.75, 3.05) is 33.5 Å². The summed E-state index contributed by atoms with van der Waals surface area (Å²) in [5.74, 6) is -0.708. The molecule has 2 heterocycles. The number of carbonyl (C=O) groups excluding carboxylic acids is 3. The summed E-state index contributed by atoms with van der Waals surface area (Å²) in [6.45, 7) is 4.53. The smallest absolute Gasteiger partial charge is 0.463 e. The highest BCUT2D eigenvalue weighted by Crippen LogP contribution is 2.30. The Labute approximate surface area is 198 Å². The first-order chi connectivity index (χ1) is 16.5. The third-order valence-corrected chi connectivity index (χ3v) is 5.48. The first kappa shape index (κ1) is 25.7. The molecule has 0 spiro atoms. The van der Waals surface area contributed by atoms with E-state index < -0.39 is 24.2 Å². The second-order valence-corrected chi connectivity index (χ2v) is 7.82. The first-order valence-electron chi connectivity index (χ1n) is 11.2. The van der Waals surface area contributed by atoms with Crippen molar-refractivity contribution in [2.24, 2.45) is 0 Å². The van der Waals surface area contributed by atoms with E-state index in [1.165, 1.54) is 24.3 Å². The molecule has 0 amide bonds. The lowest BCUT2D eigenvalue weighted by Gasteiger charge is -2.16. The van der Waals surface area contributed by atoms with E-state index in [2.05, 4.69) is 6.58 Å². The highest BCUT2D eigenvalue weighted by molar-refractivity contribution is 5.89. The molecule has 0 aliphatic carbocycles. The van der Waals surface area contributed by atoms with Gasteiger partial charge in [0, 0.05) is 13.2 Å². The lowest BCUT2D eigenvalue weighted by molar-refractivity contribution is -0.137. The maximum atomic E-state index is 12.5. The largest absolute Gasteiger partial charge is 0.513 e. The van der Waals surface area contributed by atoms with Gasteiger partial charge in [0.05, 0.1) is 32.0 Å². The van der Waals surface area contributed by atoms with E-state index >= 15 is 0 Å². The average molecular weight is 478 g/mol. The van der Waals surface area contributed by atoms with Crippen LogP contribution in [0.15, 0.2) is 36.9 Å². The minimum absolute atomic E-state index is 0.168. The summed E-state index contributed by atoms with van der Waals surface area (Å²) >= 11 is 0. The van der Waals surface area contributed by atoms with Crippen LogP contribution in [0.3, 0.4) is 0 Å². The number of benzene rings is 1. The summed E-state index contributed by atoms with van der Waals surface area (Å²) in [5.41, 5.74) is 0.309. The van der Waals surface area contributed by atoms with Gasteiger partial charge in [-0.15, -0.1) is 0 Å². The van der Waals surface area contributed by atoms with Crippen LogP contribution >= 0.6 is 0 Å². The number of hydrogen-bond donors (Lipinski definition) is 0.